The van der Waals surface area contributed by atoms with E-state index in [1.165, 1.54) is 0 Å². The number of aromatic nitrogens is 1. The minimum absolute atomic E-state index is 0.0186. The third-order valence-corrected chi connectivity index (χ3v) is 3.98. The number of hydrogen-bond acceptors (Lipinski definition) is 4. The van der Waals surface area contributed by atoms with Gasteiger partial charge in [-0.2, -0.15) is 11.8 Å². The molecule has 1 rings (SSSR count). The monoisotopic (exact) mass is 268 g/mol. The number of aryl methyl sites for hydroxylation is 1. The molecular weight excluding hydrogens is 248 g/mol. The van der Waals surface area contributed by atoms with Crippen LogP contribution in [-0.2, 0) is 11.2 Å². The van der Waals surface area contributed by atoms with Crippen LogP contribution in [0.15, 0.2) is 24.5 Å². The van der Waals surface area contributed by atoms with Crippen molar-refractivity contribution in [1.29, 1.82) is 0 Å². The lowest BCUT2D eigenvalue weighted by Crippen LogP contribution is -2.41. The topological polar surface area (TPSA) is 62.2 Å². The van der Waals surface area contributed by atoms with Gasteiger partial charge in [0.15, 0.2) is 0 Å². The molecule has 0 aliphatic carbocycles. The van der Waals surface area contributed by atoms with Crippen molar-refractivity contribution in [3.05, 3.63) is 30.1 Å². The maximum absolute atomic E-state index is 11.7. The first-order valence-electron chi connectivity index (χ1n) is 5.99. The average molecular weight is 268 g/mol. The fourth-order valence-corrected chi connectivity index (χ4v) is 2.29. The molecule has 5 heteroatoms. The number of aliphatic hydroxyl groups excluding tert-OH is 1. The Morgan fingerprint density at radius 3 is 2.72 bits per heavy atom. The molecule has 18 heavy (non-hydrogen) atoms. The number of hydrogen-bond donors (Lipinski definition) is 2. The molecule has 100 valence electrons. The Balaban J connectivity index is 2.33. The highest BCUT2D eigenvalue weighted by Crippen LogP contribution is 2.10. The van der Waals surface area contributed by atoms with Crippen LogP contribution in [0, 0.1) is 0 Å². The Morgan fingerprint density at radius 1 is 1.50 bits per heavy atom. The number of aliphatic hydroxyl groups is 1. The number of carbonyl (C=O) groups is 1. The molecule has 0 bridgehead atoms. The molecule has 2 unspecified atom stereocenters. The number of nitrogens with one attached hydrogen (secondary N) is 1. The van der Waals surface area contributed by atoms with E-state index in [1.807, 2.05) is 25.3 Å². The zero-order valence-electron chi connectivity index (χ0n) is 10.8. The van der Waals surface area contributed by atoms with Gasteiger partial charge in [0, 0.05) is 30.1 Å². The molecule has 0 radical (unpaired) electrons. The molecule has 1 aromatic rings. The van der Waals surface area contributed by atoms with Gasteiger partial charge in [-0.05, 0) is 37.3 Å². The quantitative estimate of drug-likeness (QED) is 0.781. The first kappa shape index (κ1) is 15.0. The van der Waals surface area contributed by atoms with E-state index in [0.717, 1.165) is 5.56 Å². The number of nitrogens with zero attached hydrogens (tertiary/aromatic N) is 1. The Kier molecular flexibility index (Phi) is 6.75. The van der Waals surface area contributed by atoms with Gasteiger partial charge < -0.3 is 10.4 Å². The summed E-state index contributed by atoms with van der Waals surface area (Å²) < 4.78 is 0. The number of rotatable bonds is 7. The molecule has 0 aliphatic heterocycles. The third-order valence-electron chi connectivity index (χ3n) is 2.82. The largest absolute Gasteiger partial charge is 0.395 e. The van der Waals surface area contributed by atoms with Gasteiger partial charge in [-0.15, -0.1) is 0 Å². The van der Waals surface area contributed by atoms with E-state index < -0.39 is 0 Å². The van der Waals surface area contributed by atoms with E-state index in [4.69, 9.17) is 5.11 Å². The zero-order chi connectivity index (χ0) is 13.4. The summed E-state index contributed by atoms with van der Waals surface area (Å²) in [4.78, 5) is 15.7. The fourth-order valence-electron chi connectivity index (χ4n) is 1.66. The molecule has 2 atom stereocenters. The lowest BCUT2D eigenvalue weighted by atomic mass is 10.1. The number of amides is 1. The molecule has 0 saturated heterocycles. The van der Waals surface area contributed by atoms with E-state index in [2.05, 4.69) is 10.3 Å². The van der Waals surface area contributed by atoms with Crippen LogP contribution in [0.25, 0.3) is 0 Å². The van der Waals surface area contributed by atoms with Crippen LogP contribution in [0.3, 0.4) is 0 Å². The lowest BCUT2D eigenvalue weighted by molar-refractivity contribution is -0.121. The van der Waals surface area contributed by atoms with Gasteiger partial charge >= 0.3 is 0 Å². The summed E-state index contributed by atoms with van der Waals surface area (Å²) in [5, 5.41) is 12.1. The van der Waals surface area contributed by atoms with Gasteiger partial charge in [0.25, 0.3) is 0 Å². The molecule has 0 spiro atoms. The molecule has 1 heterocycles. The number of pyridine rings is 1. The van der Waals surface area contributed by atoms with Crippen molar-refractivity contribution >= 4 is 17.7 Å². The number of carbonyl (C=O) groups excluding carboxylic acids is 1. The molecule has 0 saturated carbocycles. The predicted molar refractivity (Wildman–Crippen MR) is 74.6 cm³/mol. The van der Waals surface area contributed by atoms with E-state index in [-0.39, 0.29) is 23.8 Å². The highest BCUT2D eigenvalue weighted by atomic mass is 32.2. The van der Waals surface area contributed by atoms with Crippen LogP contribution in [0.4, 0.5) is 0 Å². The Hall–Kier alpha value is -1.07. The second-order valence-electron chi connectivity index (χ2n) is 4.17. The van der Waals surface area contributed by atoms with Crippen LogP contribution >= 0.6 is 11.8 Å². The van der Waals surface area contributed by atoms with Gasteiger partial charge in [-0.3, -0.25) is 9.78 Å². The summed E-state index contributed by atoms with van der Waals surface area (Å²) >= 11 is 1.56. The minimum atomic E-state index is -0.0186. The minimum Gasteiger partial charge on any atom is -0.395 e. The van der Waals surface area contributed by atoms with Crippen LogP contribution in [-0.4, -0.2) is 40.2 Å². The lowest BCUT2D eigenvalue weighted by Gasteiger charge is -2.21. The highest BCUT2D eigenvalue weighted by molar-refractivity contribution is 7.99. The molecule has 1 aromatic heterocycles. The first-order chi connectivity index (χ1) is 8.67. The molecule has 0 fully saturated rings. The summed E-state index contributed by atoms with van der Waals surface area (Å²) in [5.41, 5.74) is 1.11. The Labute approximate surface area is 112 Å². The van der Waals surface area contributed by atoms with E-state index in [0.29, 0.717) is 12.8 Å². The maximum atomic E-state index is 11.7. The predicted octanol–water partition coefficient (Wildman–Crippen LogP) is 1.24. The molecule has 1 amide bonds. The standard InChI is InChI=1S/C13H20N2O2S/c1-10(12(9-16)18-2)15-13(17)4-3-11-5-7-14-8-6-11/h5-8,10,12,16H,3-4,9H2,1-2H3,(H,15,17). The van der Waals surface area contributed by atoms with Crippen molar-refractivity contribution < 1.29 is 9.90 Å². The maximum Gasteiger partial charge on any atom is 0.220 e. The van der Waals surface area contributed by atoms with E-state index in [9.17, 15) is 4.79 Å². The van der Waals surface area contributed by atoms with Crippen molar-refractivity contribution in [2.75, 3.05) is 12.9 Å². The van der Waals surface area contributed by atoms with Gasteiger partial charge in [0.05, 0.1) is 6.61 Å². The van der Waals surface area contributed by atoms with Gasteiger partial charge in [-0.25, -0.2) is 0 Å². The van der Waals surface area contributed by atoms with Crippen molar-refractivity contribution in [3.63, 3.8) is 0 Å². The SMILES string of the molecule is CSC(CO)C(C)NC(=O)CCc1ccncc1. The first-order valence-corrected chi connectivity index (χ1v) is 7.28. The Bertz CT molecular complexity index is 355. The van der Waals surface area contributed by atoms with Crippen LogP contribution in [0.2, 0.25) is 0 Å². The molecule has 0 aromatic carbocycles. The smallest absolute Gasteiger partial charge is 0.220 e. The van der Waals surface area contributed by atoms with E-state index in [1.54, 1.807) is 24.2 Å². The van der Waals surface area contributed by atoms with E-state index >= 15 is 0 Å². The van der Waals surface area contributed by atoms with Crippen LogP contribution < -0.4 is 5.32 Å². The summed E-state index contributed by atoms with van der Waals surface area (Å²) in [6.07, 6.45) is 6.56. The zero-order valence-corrected chi connectivity index (χ0v) is 11.6. The Morgan fingerprint density at radius 2 is 2.17 bits per heavy atom. The molecule has 4 nitrogen and oxygen atoms in total. The van der Waals surface area contributed by atoms with Crippen molar-refractivity contribution in [2.45, 2.75) is 31.1 Å². The second-order valence-corrected chi connectivity index (χ2v) is 5.25. The summed E-state index contributed by atoms with van der Waals surface area (Å²) in [7, 11) is 0. The van der Waals surface area contributed by atoms with Crippen LogP contribution in [0.5, 0.6) is 0 Å². The van der Waals surface area contributed by atoms with Gasteiger partial charge in [0.2, 0.25) is 5.91 Å². The average Bonchev–Trinajstić information content (AvgIpc) is 2.39. The third kappa shape index (κ3) is 5.06. The van der Waals surface area contributed by atoms with Crippen molar-refractivity contribution in [2.24, 2.45) is 0 Å². The summed E-state index contributed by atoms with van der Waals surface area (Å²) in [5.74, 6) is 0.0202. The summed E-state index contributed by atoms with van der Waals surface area (Å²) in [6, 6.07) is 3.81. The normalized spacial score (nSPS) is 13.9. The van der Waals surface area contributed by atoms with Crippen molar-refractivity contribution in [3.8, 4) is 0 Å². The molecule has 2 N–H and O–H groups in total. The second kappa shape index (κ2) is 8.11. The van der Waals surface area contributed by atoms with Gasteiger partial charge in [0.1, 0.15) is 0 Å². The summed E-state index contributed by atoms with van der Waals surface area (Å²) in [6.45, 7) is 1.99. The molecular formula is C13H20N2O2S. The van der Waals surface area contributed by atoms with Crippen molar-refractivity contribution in [1.82, 2.24) is 10.3 Å². The highest BCUT2D eigenvalue weighted by Gasteiger charge is 2.16. The molecule has 0 aliphatic rings. The fraction of sp³-hybridized carbons (Fsp3) is 0.538. The van der Waals surface area contributed by atoms with Crippen LogP contribution in [0.1, 0.15) is 18.9 Å². The number of thioether (sulfide) groups is 1. The van der Waals surface area contributed by atoms with Gasteiger partial charge in [-0.1, -0.05) is 0 Å².